The van der Waals surface area contributed by atoms with Crippen LogP contribution < -0.4 is 5.73 Å². The van der Waals surface area contributed by atoms with Crippen molar-refractivity contribution in [3.8, 4) is 0 Å². The number of thiophene rings is 1. The fourth-order valence-electron chi connectivity index (χ4n) is 1.88. The largest absolute Gasteiger partial charge is 0.367 e. The van der Waals surface area contributed by atoms with Crippen LogP contribution in [-0.2, 0) is 16.1 Å². The van der Waals surface area contributed by atoms with E-state index in [0.717, 1.165) is 13.1 Å². The van der Waals surface area contributed by atoms with Crippen molar-refractivity contribution in [2.45, 2.75) is 19.1 Å². The van der Waals surface area contributed by atoms with E-state index in [1.54, 1.807) is 18.3 Å². The molecule has 0 bridgehead atoms. The van der Waals surface area contributed by atoms with Gasteiger partial charge in [-0.3, -0.25) is 9.69 Å². The molecule has 88 valence electrons. The van der Waals surface area contributed by atoms with Gasteiger partial charge >= 0.3 is 0 Å². The minimum absolute atomic E-state index is 0.387. The summed E-state index contributed by atoms with van der Waals surface area (Å²) in [7, 11) is 0. The Kier molecular flexibility index (Phi) is 3.28. The Bertz CT molecular complexity index is 366. The Morgan fingerprint density at radius 3 is 3.19 bits per heavy atom. The number of carbonyl (C=O) groups excluding carboxylic acids is 1. The van der Waals surface area contributed by atoms with Crippen LogP contribution in [0.4, 0.5) is 0 Å². The maximum atomic E-state index is 11.3. The van der Waals surface area contributed by atoms with E-state index in [1.165, 1.54) is 5.56 Å². The molecule has 1 aliphatic heterocycles. The lowest BCUT2D eigenvalue weighted by atomic mass is 10.0. The summed E-state index contributed by atoms with van der Waals surface area (Å²) >= 11 is 1.68. The monoisotopic (exact) mass is 240 g/mol. The molecule has 2 rings (SSSR count). The number of rotatable bonds is 3. The number of hydrogen-bond donors (Lipinski definition) is 1. The normalized spacial score (nSPS) is 26.8. The van der Waals surface area contributed by atoms with Crippen LogP contribution in [0.25, 0.3) is 0 Å². The lowest BCUT2D eigenvalue weighted by Gasteiger charge is -2.38. The number of amides is 1. The summed E-state index contributed by atoms with van der Waals surface area (Å²) in [6.45, 7) is 4.59. The number of carbonyl (C=O) groups is 1. The first kappa shape index (κ1) is 11.6. The second-order valence-electron chi connectivity index (χ2n) is 4.29. The summed E-state index contributed by atoms with van der Waals surface area (Å²) in [5.41, 5.74) is 5.79. The molecule has 1 aromatic rings. The lowest BCUT2D eigenvalue weighted by molar-refractivity contribution is -0.153. The molecule has 1 saturated heterocycles. The molecule has 2 N–H and O–H groups in total. The SMILES string of the molecule is CC1(C(N)=O)CN(Cc2ccsc2)CCO1. The van der Waals surface area contributed by atoms with Crippen molar-refractivity contribution in [2.75, 3.05) is 19.7 Å². The number of morpholine rings is 1. The van der Waals surface area contributed by atoms with Crippen molar-refractivity contribution >= 4 is 17.2 Å². The molecule has 0 aromatic carbocycles. The van der Waals surface area contributed by atoms with E-state index in [1.807, 2.05) is 0 Å². The van der Waals surface area contributed by atoms with Gasteiger partial charge in [0.25, 0.3) is 5.91 Å². The third kappa shape index (κ3) is 2.42. The van der Waals surface area contributed by atoms with Gasteiger partial charge in [0.15, 0.2) is 5.60 Å². The van der Waals surface area contributed by atoms with Crippen LogP contribution in [0.3, 0.4) is 0 Å². The Morgan fingerprint density at radius 1 is 1.75 bits per heavy atom. The molecule has 1 fully saturated rings. The minimum atomic E-state index is -0.839. The van der Waals surface area contributed by atoms with Crippen LogP contribution in [0.15, 0.2) is 16.8 Å². The van der Waals surface area contributed by atoms with Crippen molar-refractivity contribution < 1.29 is 9.53 Å². The molecule has 2 heterocycles. The molecular weight excluding hydrogens is 224 g/mol. The van der Waals surface area contributed by atoms with Gasteiger partial charge in [0.1, 0.15) is 0 Å². The van der Waals surface area contributed by atoms with Crippen molar-refractivity contribution in [1.82, 2.24) is 4.90 Å². The summed E-state index contributed by atoms with van der Waals surface area (Å²) in [5, 5.41) is 4.18. The van der Waals surface area contributed by atoms with Crippen LogP contribution >= 0.6 is 11.3 Å². The first-order valence-electron chi connectivity index (χ1n) is 5.27. The predicted octanol–water partition coefficient (Wildman–Crippen LogP) is 0.824. The van der Waals surface area contributed by atoms with Crippen LogP contribution in [0.5, 0.6) is 0 Å². The van der Waals surface area contributed by atoms with Crippen molar-refractivity contribution in [2.24, 2.45) is 5.73 Å². The van der Waals surface area contributed by atoms with Gasteiger partial charge in [-0.15, -0.1) is 0 Å². The fraction of sp³-hybridized carbons (Fsp3) is 0.545. The molecule has 1 aromatic heterocycles. The third-order valence-corrected chi connectivity index (χ3v) is 3.59. The van der Waals surface area contributed by atoms with Gasteiger partial charge in [-0.25, -0.2) is 0 Å². The average molecular weight is 240 g/mol. The van der Waals surface area contributed by atoms with Crippen molar-refractivity contribution in [3.63, 3.8) is 0 Å². The zero-order chi connectivity index (χ0) is 11.6. The molecule has 0 aliphatic carbocycles. The fourth-order valence-corrected chi connectivity index (χ4v) is 2.54. The van der Waals surface area contributed by atoms with Gasteiger partial charge in [0.2, 0.25) is 0 Å². The molecule has 1 atom stereocenters. The molecule has 4 nitrogen and oxygen atoms in total. The highest BCUT2D eigenvalue weighted by atomic mass is 32.1. The zero-order valence-electron chi connectivity index (χ0n) is 9.31. The van der Waals surface area contributed by atoms with Crippen LogP contribution in [0.1, 0.15) is 12.5 Å². The second kappa shape index (κ2) is 4.53. The van der Waals surface area contributed by atoms with Crippen LogP contribution in [0, 0.1) is 0 Å². The smallest absolute Gasteiger partial charge is 0.250 e. The Balaban J connectivity index is 1.99. The Hall–Kier alpha value is -0.910. The van der Waals surface area contributed by atoms with E-state index in [2.05, 4.69) is 21.7 Å². The van der Waals surface area contributed by atoms with E-state index in [9.17, 15) is 4.79 Å². The van der Waals surface area contributed by atoms with Gasteiger partial charge in [-0.2, -0.15) is 11.3 Å². The highest BCUT2D eigenvalue weighted by Gasteiger charge is 2.37. The maximum absolute atomic E-state index is 11.3. The first-order valence-corrected chi connectivity index (χ1v) is 6.22. The summed E-state index contributed by atoms with van der Waals surface area (Å²) in [4.78, 5) is 13.5. The molecule has 1 unspecified atom stereocenters. The number of primary amides is 1. The zero-order valence-corrected chi connectivity index (χ0v) is 10.1. The summed E-state index contributed by atoms with van der Waals surface area (Å²) in [6, 6.07) is 2.10. The quantitative estimate of drug-likeness (QED) is 0.851. The van der Waals surface area contributed by atoms with E-state index >= 15 is 0 Å². The number of nitrogens with zero attached hydrogens (tertiary/aromatic N) is 1. The molecule has 1 aliphatic rings. The van der Waals surface area contributed by atoms with Gasteiger partial charge in [-0.1, -0.05) is 0 Å². The topological polar surface area (TPSA) is 55.6 Å². The van der Waals surface area contributed by atoms with Gasteiger partial charge in [0.05, 0.1) is 6.61 Å². The van der Waals surface area contributed by atoms with E-state index in [0.29, 0.717) is 13.2 Å². The summed E-state index contributed by atoms with van der Waals surface area (Å²) in [6.07, 6.45) is 0. The van der Waals surface area contributed by atoms with Crippen molar-refractivity contribution in [3.05, 3.63) is 22.4 Å². The Morgan fingerprint density at radius 2 is 2.56 bits per heavy atom. The molecule has 0 spiro atoms. The highest BCUT2D eigenvalue weighted by molar-refractivity contribution is 7.07. The highest BCUT2D eigenvalue weighted by Crippen LogP contribution is 2.19. The first-order chi connectivity index (χ1) is 7.60. The van der Waals surface area contributed by atoms with Gasteiger partial charge in [0, 0.05) is 19.6 Å². The molecule has 5 heteroatoms. The predicted molar refractivity (Wildman–Crippen MR) is 63.1 cm³/mol. The molecule has 0 saturated carbocycles. The van der Waals surface area contributed by atoms with Gasteiger partial charge in [-0.05, 0) is 29.3 Å². The van der Waals surface area contributed by atoms with Crippen LogP contribution in [-0.4, -0.2) is 36.1 Å². The van der Waals surface area contributed by atoms with E-state index < -0.39 is 5.60 Å². The van der Waals surface area contributed by atoms with Crippen LogP contribution in [0.2, 0.25) is 0 Å². The molecule has 16 heavy (non-hydrogen) atoms. The summed E-state index contributed by atoms with van der Waals surface area (Å²) in [5.74, 6) is -0.387. The lowest BCUT2D eigenvalue weighted by Crippen LogP contribution is -2.56. The molecular formula is C11H16N2O2S. The van der Waals surface area contributed by atoms with E-state index in [4.69, 9.17) is 10.5 Å². The maximum Gasteiger partial charge on any atom is 0.250 e. The number of ether oxygens (including phenoxy) is 1. The third-order valence-electron chi connectivity index (χ3n) is 2.86. The average Bonchev–Trinajstić information content (AvgIpc) is 2.70. The van der Waals surface area contributed by atoms with E-state index in [-0.39, 0.29) is 5.91 Å². The summed E-state index contributed by atoms with van der Waals surface area (Å²) < 4.78 is 5.46. The number of nitrogens with two attached hydrogens (primary N) is 1. The molecule has 1 amide bonds. The number of hydrogen-bond acceptors (Lipinski definition) is 4. The van der Waals surface area contributed by atoms with Crippen molar-refractivity contribution in [1.29, 1.82) is 0 Å². The standard InChI is InChI=1S/C11H16N2O2S/c1-11(10(12)14)8-13(3-4-15-11)6-9-2-5-16-7-9/h2,5,7H,3-4,6,8H2,1H3,(H2,12,14). The minimum Gasteiger partial charge on any atom is -0.367 e. The Labute approximate surface area is 99.0 Å². The van der Waals surface area contributed by atoms with Gasteiger partial charge < -0.3 is 10.5 Å². The second-order valence-corrected chi connectivity index (χ2v) is 5.07. The molecule has 0 radical (unpaired) electrons.